The van der Waals surface area contributed by atoms with Gasteiger partial charge in [0, 0.05) is 23.5 Å². The average molecular weight is 273 g/mol. The van der Waals surface area contributed by atoms with Crippen molar-refractivity contribution in [3.63, 3.8) is 0 Å². The second kappa shape index (κ2) is 5.92. The number of rotatable bonds is 4. The number of anilines is 2. The molecule has 0 aliphatic rings. The first-order valence-electron chi connectivity index (χ1n) is 5.89. The molecule has 104 valence electrons. The zero-order valence-corrected chi connectivity index (χ0v) is 11.2. The summed E-state index contributed by atoms with van der Waals surface area (Å²) < 4.78 is 10.3. The SMILES string of the molecule is COc1ccc(NC(=O)c2ccnc(N)c2)cc1OC. The number of hydrogen-bond acceptors (Lipinski definition) is 5. The Hall–Kier alpha value is -2.76. The lowest BCUT2D eigenvalue weighted by Crippen LogP contribution is -2.12. The van der Waals surface area contributed by atoms with Crippen LogP contribution in [0, 0.1) is 0 Å². The van der Waals surface area contributed by atoms with Gasteiger partial charge in [-0.3, -0.25) is 4.79 Å². The van der Waals surface area contributed by atoms with Gasteiger partial charge in [-0.25, -0.2) is 4.98 Å². The van der Waals surface area contributed by atoms with E-state index < -0.39 is 0 Å². The number of carbonyl (C=O) groups is 1. The third-order valence-corrected chi connectivity index (χ3v) is 2.68. The summed E-state index contributed by atoms with van der Waals surface area (Å²) in [6.07, 6.45) is 1.48. The molecule has 2 rings (SSSR count). The number of pyridine rings is 1. The standard InChI is InChI=1S/C14H15N3O3/c1-19-11-4-3-10(8-12(11)20-2)17-14(18)9-5-6-16-13(15)7-9/h3-8H,1-2H3,(H2,15,16)(H,17,18). The first kappa shape index (κ1) is 13.7. The van der Waals surface area contributed by atoms with Gasteiger partial charge >= 0.3 is 0 Å². The van der Waals surface area contributed by atoms with Crippen LogP contribution >= 0.6 is 0 Å². The Kier molecular flexibility index (Phi) is 4.05. The number of ether oxygens (including phenoxy) is 2. The van der Waals surface area contributed by atoms with Crippen LogP contribution in [0.2, 0.25) is 0 Å². The number of nitrogen functional groups attached to an aromatic ring is 1. The lowest BCUT2D eigenvalue weighted by molar-refractivity contribution is 0.102. The minimum absolute atomic E-state index is 0.272. The zero-order valence-electron chi connectivity index (χ0n) is 11.2. The highest BCUT2D eigenvalue weighted by Gasteiger charge is 2.09. The monoisotopic (exact) mass is 273 g/mol. The number of carbonyl (C=O) groups excluding carboxylic acids is 1. The maximum absolute atomic E-state index is 12.1. The summed E-state index contributed by atoms with van der Waals surface area (Å²) in [4.78, 5) is 15.9. The molecule has 6 nitrogen and oxygen atoms in total. The van der Waals surface area contributed by atoms with Crippen molar-refractivity contribution in [1.29, 1.82) is 0 Å². The summed E-state index contributed by atoms with van der Waals surface area (Å²) >= 11 is 0. The fraction of sp³-hybridized carbons (Fsp3) is 0.143. The lowest BCUT2D eigenvalue weighted by atomic mass is 10.2. The molecule has 0 aliphatic carbocycles. The van der Waals surface area contributed by atoms with Crippen LogP contribution in [0.4, 0.5) is 11.5 Å². The van der Waals surface area contributed by atoms with Crippen molar-refractivity contribution in [2.45, 2.75) is 0 Å². The molecule has 0 saturated heterocycles. The third-order valence-electron chi connectivity index (χ3n) is 2.68. The smallest absolute Gasteiger partial charge is 0.255 e. The summed E-state index contributed by atoms with van der Waals surface area (Å²) in [5.74, 6) is 1.16. The maximum Gasteiger partial charge on any atom is 0.255 e. The molecule has 0 spiro atoms. The molecule has 20 heavy (non-hydrogen) atoms. The van der Waals surface area contributed by atoms with Crippen LogP contribution in [0.5, 0.6) is 11.5 Å². The summed E-state index contributed by atoms with van der Waals surface area (Å²) in [5, 5.41) is 2.75. The molecule has 0 radical (unpaired) electrons. The first-order valence-corrected chi connectivity index (χ1v) is 5.89. The number of nitrogens with two attached hydrogens (primary N) is 1. The van der Waals surface area contributed by atoms with Crippen LogP contribution in [0.1, 0.15) is 10.4 Å². The van der Waals surface area contributed by atoms with Gasteiger partial charge in [-0.05, 0) is 24.3 Å². The van der Waals surface area contributed by atoms with Crippen molar-refractivity contribution < 1.29 is 14.3 Å². The quantitative estimate of drug-likeness (QED) is 0.889. The normalized spacial score (nSPS) is 9.90. The van der Waals surface area contributed by atoms with Gasteiger partial charge in [0.05, 0.1) is 14.2 Å². The van der Waals surface area contributed by atoms with Gasteiger partial charge in [0.25, 0.3) is 5.91 Å². The molecule has 0 unspecified atom stereocenters. The van der Waals surface area contributed by atoms with E-state index in [0.717, 1.165) is 0 Å². The molecule has 1 heterocycles. The fourth-order valence-corrected chi connectivity index (χ4v) is 1.71. The Bertz CT molecular complexity index is 629. The van der Waals surface area contributed by atoms with Crippen molar-refractivity contribution in [3.8, 4) is 11.5 Å². The van der Waals surface area contributed by atoms with Crippen molar-refractivity contribution in [1.82, 2.24) is 4.98 Å². The molecule has 0 aliphatic heterocycles. The minimum Gasteiger partial charge on any atom is -0.493 e. The topological polar surface area (TPSA) is 86.5 Å². The first-order chi connectivity index (χ1) is 9.63. The van der Waals surface area contributed by atoms with E-state index in [4.69, 9.17) is 15.2 Å². The Morgan fingerprint density at radius 3 is 2.55 bits per heavy atom. The number of nitrogens with zero attached hydrogens (tertiary/aromatic N) is 1. The minimum atomic E-state index is -0.272. The van der Waals surface area contributed by atoms with E-state index in [1.54, 1.807) is 31.4 Å². The van der Waals surface area contributed by atoms with E-state index in [2.05, 4.69) is 10.3 Å². The van der Waals surface area contributed by atoms with Crippen LogP contribution < -0.4 is 20.5 Å². The van der Waals surface area contributed by atoms with E-state index in [1.807, 2.05) is 0 Å². The third kappa shape index (κ3) is 2.97. The van der Waals surface area contributed by atoms with E-state index in [-0.39, 0.29) is 5.91 Å². The van der Waals surface area contributed by atoms with Gasteiger partial charge in [0.15, 0.2) is 11.5 Å². The molecule has 6 heteroatoms. The Morgan fingerprint density at radius 1 is 1.15 bits per heavy atom. The van der Waals surface area contributed by atoms with Gasteiger partial charge in [-0.15, -0.1) is 0 Å². The Labute approximate surface area is 116 Å². The van der Waals surface area contributed by atoms with Gasteiger partial charge < -0.3 is 20.5 Å². The van der Waals surface area contributed by atoms with Crippen LogP contribution in [-0.4, -0.2) is 25.1 Å². The highest BCUT2D eigenvalue weighted by molar-refractivity contribution is 6.04. The van der Waals surface area contributed by atoms with Crippen LogP contribution in [0.25, 0.3) is 0 Å². The van der Waals surface area contributed by atoms with Gasteiger partial charge in [0.2, 0.25) is 0 Å². The molecule has 2 aromatic rings. The van der Waals surface area contributed by atoms with E-state index in [0.29, 0.717) is 28.6 Å². The highest BCUT2D eigenvalue weighted by Crippen LogP contribution is 2.29. The molecule has 0 atom stereocenters. The molecular formula is C14H15N3O3. The number of aromatic nitrogens is 1. The highest BCUT2D eigenvalue weighted by atomic mass is 16.5. The molecule has 1 aromatic carbocycles. The predicted octanol–water partition coefficient (Wildman–Crippen LogP) is 1.93. The summed E-state index contributed by atoms with van der Waals surface area (Å²) in [6, 6.07) is 8.23. The number of amides is 1. The van der Waals surface area contributed by atoms with Crippen LogP contribution in [0.3, 0.4) is 0 Å². The molecule has 1 aromatic heterocycles. The molecule has 0 bridgehead atoms. The molecule has 1 amide bonds. The fourth-order valence-electron chi connectivity index (χ4n) is 1.71. The van der Waals surface area contributed by atoms with Crippen molar-refractivity contribution >= 4 is 17.4 Å². The number of methoxy groups -OCH3 is 2. The maximum atomic E-state index is 12.1. The van der Waals surface area contributed by atoms with Crippen molar-refractivity contribution in [2.24, 2.45) is 0 Å². The summed E-state index contributed by atoms with van der Waals surface area (Å²) in [6.45, 7) is 0. The van der Waals surface area contributed by atoms with Crippen LogP contribution in [-0.2, 0) is 0 Å². The van der Waals surface area contributed by atoms with Gasteiger partial charge in [0.1, 0.15) is 5.82 Å². The molecular weight excluding hydrogens is 258 g/mol. The summed E-state index contributed by atoms with van der Waals surface area (Å²) in [5.41, 5.74) is 6.58. The predicted molar refractivity (Wildman–Crippen MR) is 76.1 cm³/mol. The van der Waals surface area contributed by atoms with Crippen molar-refractivity contribution in [3.05, 3.63) is 42.1 Å². The second-order valence-electron chi connectivity index (χ2n) is 3.99. The number of benzene rings is 1. The average Bonchev–Trinajstić information content (AvgIpc) is 2.47. The van der Waals surface area contributed by atoms with E-state index >= 15 is 0 Å². The Balaban J connectivity index is 2.19. The van der Waals surface area contributed by atoms with Gasteiger partial charge in [-0.2, -0.15) is 0 Å². The van der Waals surface area contributed by atoms with E-state index in [1.165, 1.54) is 19.4 Å². The van der Waals surface area contributed by atoms with E-state index in [9.17, 15) is 4.79 Å². The Morgan fingerprint density at radius 2 is 1.90 bits per heavy atom. The summed E-state index contributed by atoms with van der Waals surface area (Å²) in [7, 11) is 3.09. The van der Waals surface area contributed by atoms with Crippen molar-refractivity contribution in [2.75, 3.05) is 25.3 Å². The largest absolute Gasteiger partial charge is 0.493 e. The number of hydrogen-bond donors (Lipinski definition) is 2. The molecule has 3 N–H and O–H groups in total. The van der Waals surface area contributed by atoms with Gasteiger partial charge in [-0.1, -0.05) is 0 Å². The molecule has 0 saturated carbocycles. The number of nitrogens with one attached hydrogen (secondary N) is 1. The second-order valence-corrected chi connectivity index (χ2v) is 3.99. The molecule has 0 fully saturated rings. The zero-order chi connectivity index (χ0) is 14.5. The lowest BCUT2D eigenvalue weighted by Gasteiger charge is -2.10. The van der Waals surface area contributed by atoms with Crippen LogP contribution in [0.15, 0.2) is 36.5 Å².